The third-order valence-electron chi connectivity index (χ3n) is 2.58. The van der Waals surface area contributed by atoms with Crippen LogP contribution in [0.4, 0.5) is 5.69 Å². The molecule has 2 rings (SSSR count). The van der Waals surface area contributed by atoms with Crippen molar-refractivity contribution in [2.75, 3.05) is 11.4 Å². The summed E-state index contributed by atoms with van der Waals surface area (Å²) in [5.41, 5.74) is 1.15. The van der Waals surface area contributed by atoms with Gasteiger partial charge in [0, 0.05) is 23.6 Å². The Morgan fingerprint density at radius 1 is 1.44 bits per heavy atom. The summed E-state index contributed by atoms with van der Waals surface area (Å²) in [6, 6.07) is 8.10. The van der Waals surface area contributed by atoms with Crippen LogP contribution >= 0.6 is 11.8 Å². The second kappa shape index (κ2) is 5.31. The normalized spacial score (nSPS) is 17.1. The summed E-state index contributed by atoms with van der Waals surface area (Å²) in [6.07, 6.45) is 2.86. The fraction of sp³-hybridized carbons (Fsp3) is 0.214. The van der Waals surface area contributed by atoms with Gasteiger partial charge in [0.05, 0.1) is 10.7 Å². The zero-order chi connectivity index (χ0) is 13.1. The standard InChI is InChI=1S/C14H15NO2S/c1-3-15-12-6-4-5-7-13(12)18-14(15)9-11(17)8-10(2)16/h4-9,17H,3H2,1-2H3. The number of allylic oxidation sites excluding steroid dienone is 2. The molecule has 0 saturated carbocycles. The zero-order valence-corrected chi connectivity index (χ0v) is 11.2. The molecule has 94 valence electrons. The smallest absolute Gasteiger partial charge is 0.156 e. The van der Waals surface area contributed by atoms with Crippen LogP contribution in [0.3, 0.4) is 0 Å². The van der Waals surface area contributed by atoms with Crippen LogP contribution in [-0.4, -0.2) is 17.4 Å². The van der Waals surface area contributed by atoms with E-state index < -0.39 is 0 Å². The molecule has 1 aliphatic heterocycles. The highest BCUT2D eigenvalue weighted by molar-refractivity contribution is 8.03. The molecule has 0 saturated heterocycles. The minimum atomic E-state index is -0.159. The Hall–Kier alpha value is -1.68. The van der Waals surface area contributed by atoms with Gasteiger partial charge in [-0.2, -0.15) is 0 Å². The van der Waals surface area contributed by atoms with Crippen molar-refractivity contribution < 1.29 is 9.90 Å². The van der Waals surface area contributed by atoms with Crippen LogP contribution in [0.5, 0.6) is 0 Å². The molecule has 1 aliphatic rings. The van der Waals surface area contributed by atoms with E-state index in [4.69, 9.17) is 0 Å². The molecule has 0 atom stereocenters. The zero-order valence-electron chi connectivity index (χ0n) is 10.4. The average molecular weight is 261 g/mol. The summed E-state index contributed by atoms with van der Waals surface area (Å²) in [5, 5.41) is 10.6. The van der Waals surface area contributed by atoms with E-state index in [1.807, 2.05) is 12.1 Å². The van der Waals surface area contributed by atoms with Crippen LogP contribution in [0.25, 0.3) is 0 Å². The van der Waals surface area contributed by atoms with Crippen molar-refractivity contribution in [3.05, 3.63) is 47.2 Å². The second-order valence-corrected chi connectivity index (χ2v) is 5.04. The lowest BCUT2D eigenvalue weighted by Crippen LogP contribution is -2.16. The minimum Gasteiger partial charge on any atom is -0.508 e. The van der Waals surface area contributed by atoms with Gasteiger partial charge in [-0.15, -0.1) is 0 Å². The van der Waals surface area contributed by atoms with Crippen LogP contribution in [-0.2, 0) is 4.79 Å². The van der Waals surface area contributed by atoms with Crippen molar-refractivity contribution in [3.63, 3.8) is 0 Å². The summed E-state index contributed by atoms with van der Waals surface area (Å²) in [4.78, 5) is 14.2. The Morgan fingerprint density at radius 3 is 2.83 bits per heavy atom. The maximum absolute atomic E-state index is 10.9. The van der Waals surface area contributed by atoms with Gasteiger partial charge < -0.3 is 10.0 Å². The van der Waals surface area contributed by atoms with Crippen molar-refractivity contribution in [2.24, 2.45) is 0 Å². The Balaban J connectivity index is 2.33. The molecule has 0 bridgehead atoms. The molecule has 0 unspecified atom stereocenters. The number of nitrogens with zero attached hydrogens (tertiary/aromatic N) is 1. The molecule has 0 amide bonds. The van der Waals surface area contributed by atoms with E-state index in [2.05, 4.69) is 24.0 Å². The molecule has 4 heteroatoms. The van der Waals surface area contributed by atoms with Gasteiger partial charge in [-0.1, -0.05) is 23.9 Å². The first kappa shape index (κ1) is 12.8. The first-order chi connectivity index (χ1) is 8.61. The number of anilines is 1. The number of thioether (sulfide) groups is 1. The van der Waals surface area contributed by atoms with E-state index in [9.17, 15) is 9.90 Å². The van der Waals surface area contributed by atoms with Crippen molar-refractivity contribution in [1.29, 1.82) is 0 Å². The van der Waals surface area contributed by atoms with Crippen molar-refractivity contribution in [1.82, 2.24) is 0 Å². The van der Waals surface area contributed by atoms with E-state index in [0.717, 1.165) is 17.3 Å². The average Bonchev–Trinajstić information content (AvgIpc) is 2.64. The van der Waals surface area contributed by atoms with Crippen LogP contribution in [0, 0.1) is 0 Å². The summed E-state index contributed by atoms with van der Waals surface area (Å²) >= 11 is 1.60. The monoisotopic (exact) mass is 261 g/mol. The highest BCUT2D eigenvalue weighted by atomic mass is 32.2. The predicted octanol–water partition coefficient (Wildman–Crippen LogP) is 3.49. The SMILES string of the molecule is CCN1C(=CC(O)=CC(C)=O)Sc2ccccc21. The number of para-hydroxylation sites is 1. The second-order valence-electron chi connectivity index (χ2n) is 3.98. The van der Waals surface area contributed by atoms with Crippen LogP contribution in [0.1, 0.15) is 13.8 Å². The number of aliphatic hydroxyl groups is 1. The highest BCUT2D eigenvalue weighted by Gasteiger charge is 2.23. The van der Waals surface area contributed by atoms with Gasteiger partial charge in [-0.05, 0) is 26.0 Å². The lowest BCUT2D eigenvalue weighted by atomic mass is 10.3. The third kappa shape index (κ3) is 2.59. The Bertz CT molecular complexity index is 534. The molecule has 1 aromatic rings. The van der Waals surface area contributed by atoms with Crippen molar-refractivity contribution in [3.8, 4) is 0 Å². The number of aliphatic hydroxyl groups excluding tert-OH is 1. The molecular weight excluding hydrogens is 246 g/mol. The van der Waals surface area contributed by atoms with Crippen LogP contribution < -0.4 is 4.90 Å². The highest BCUT2D eigenvalue weighted by Crippen LogP contribution is 2.45. The number of hydrogen-bond acceptors (Lipinski definition) is 4. The Morgan fingerprint density at radius 2 is 2.17 bits per heavy atom. The van der Waals surface area contributed by atoms with Crippen LogP contribution in [0.2, 0.25) is 0 Å². The van der Waals surface area contributed by atoms with Gasteiger partial charge in [0.15, 0.2) is 5.78 Å². The fourth-order valence-corrected chi connectivity index (χ4v) is 3.03. The molecule has 0 spiro atoms. The molecule has 1 heterocycles. The van der Waals surface area contributed by atoms with E-state index >= 15 is 0 Å². The number of benzene rings is 1. The summed E-state index contributed by atoms with van der Waals surface area (Å²) in [7, 11) is 0. The topological polar surface area (TPSA) is 40.5 Å². The summed E-state index contributed by atoms with van der Waals surface area (Å²) in [6.45, 7) is 4.30. The number of ketones is 1. The lowest BCUT2D eigenvalue weighted by Gasteiger charge is -2.17. The number of carbonyl (C=O) groups is 1. The van der Waals surface area contributed by atoms with Crippen LogP contribution in [0.15, 0.2) is 52.1 Å². The lowest BCUT2D eigenvalue weighted by molar-refractivity contribution is -0.112. The molecule has 0 aromatic heterocycles. The predicted molar refractivity (Wildman–Crippen MR) is 74.8 cm³/mol. The van der Waals surface area contributed by atoms with Gasteiger partial charge in [-0.25, -0.2) is 0 Å². The molecule has 0 fully saturated rings. The van der Waals surface area contributed by atoms with Gasteiger partial charge in [-0.3, -0.25) is 4.79 Å². The summed E-state index contributed by atoms with van der Waals surface area (Å²) < 4.78 is 0. The molecule has 18 heavy (non-hydrogen) atoms. The number of hydrogen-bond donors (Lipinski definition) is 1. The molecule has 1 N–H and O–H groups in total. The third-order valence-corrected chi connectivity index (χ3v) is 3.69. The van der Waals surface area contributed by atoms with Gasteiger partial charge in [0.2, 0.25) is 0 Å². The maximum Gasteiger partial charge on any atom is 0.156 e. The first-order valence-electron chi connectivity index (χ1n) is 5.79. The van der Waals surface area contributed by atoms with E-state index in [0.29, 0.717) is 0 Å². The Kier molecular flexibility index (Phi) is 3.77. The molecular formula is C14H15NO2S. The fourth-order valence-electron chi connectivity index (χ4n) is 1.86. The molecule has 3 nitrogen and oxygen atoms in total. The molecule has 0 radical (unpaired) electrons. The first-order valence-corrected chi connectivity index (χ1v) is 6.61. The van der Waals surface area contributed by atoms with E-state index in [1.165, 1.54) is 17.9 Å². The number of carbonyl (C=O) groups excluding carboxylic acids is 1. The quantitative estimate of drug-likeness (QED) is 0.668. The van der Waals surface area contributed by atoms with Gasteiger partial charge >= 0.3 is 0 Å². The van der Waals surface area contributed by atoms with Gasteiger partial charge in [0.25, 0.3) is 0 Å². The van der Waals surface area contributed by atoms with Crippen molar-refractivity contribution >= 4 is 23.2 Å². The van der Waals surface area contributed by atoms with E-state index in [-0.39, 0.29) is 11.5 Å². The number of rotatable bonds is 3. The minimum absolute atomic E-state index is 0.00347. The molecule has 1 aromatic carbocycles. The van der Waals surface area contributed by atoms with E-state index in [1.54, 1.807) is 17.8 Å². The Labute approximate surface area is 111 Å². The van der Waals surface area contributed by atoms with Gasteiger partial charge in [0.1, 0.15) is 5.76 Å². The molecule has 0 aliphatic carbocycles. The number of fused-ring (bicyclic) bond motifs is 1. The maximum atomic E-state index is 10.9. The van der Waals surface area contributed by atoms with Crippen molar-refractivity contribution in [2.45, 2.75) is 18.7 Å². The largest absolute Gasteiger partial charge is 0.508 e. The summed E-state index contributed by atoms with van der Waals surface area (Å²) in [5.74, 6) is -0.163.